The highest BCUT2D eigenvalue weighted by atomic mass is 32.2. The second-order valence-electron chi connectivity index (χ2n) is 5.84. The molecule has 0 bridgehead atoms. The fourth-order valence-electron chi connectivity index (χ4n) is 2.79. The predicted molar refractivity (Wildman–Crippen MR) is 89.8 cm³/mol. The summed E-state index contributed by atoms with van der Waals surface area (Å²) in [6.07, 6.45) is 3.14. The number of nitrogens with one attached hydrogen (secondary N) is 1. The van der Waals surface area contributed by atoms with Crippen molar-refractivity contribution in [1.29, 1.82) is 0 Å². The SMILES string of the molecule is CC[C@H](C(=O)NC[C@@H]1CCCO1)N(c1ccc(F)cc1)S(C)(=O)=O. The first kappa shape index (κ1) is 18.7. The maximum Gasteiger partial charge on any atom is 0.243 e. The molecule has 1 aliphatic rings. The van der Waals surface area contributed by atoms with E-state index < -0.39 is 21.9 Å². The molecule has 0 saturated carbocycles. The lowest BCUT2D eigenvalue weighted by molar-refractivity contribution is -0.122. The number of carbonyl (C=O) groups excluding carboxylic acids is 1. The molecule has 0 unspecified atom stereocenters. The molecule has 1 aromatic carbocycles. The molecule has 0 aliphatic carbocycles. The van der Waals surface area contributed by atoms with E-state index in [4.69, 9.17) is 4.74 Å². The van der Waals surface area contributed by atoms with E-state index in [-0.39, 0.29) is 17.7 Å². The minimum atomic E-state index is -3.71. The summed E-state index contributed by atoms with van der Waals surface area (Å²) in [6.45, 7) is 2.77. The van der Waals surface area contributed by atoms with Gasteiger partial charge in [-0.25, -0.2) is 12.8 Å². The highest BCUT2D eigenvalue weighted by molar-refractivity contribution is 7.92. The molecule has 8 heteroatoms. The van der Waals surface area contributed by atoms with Crippen molar-refractivity contribution < 1.29 is 22.3 Å². The van der Waals surface area contributed by atoms with Crippen molar-refractivity contribution in [2.24, 2.45) is 0 Å². The van der Waals surface area contributed by atoms with Crippen molar-refractivity contribution in [3.05, 3.63) is 30.1 Å². The van der Waals surface area contributed by atoms with E-state index in [1.54, 1.807) is 6.92 Å². The van der Waals surface area contributed by atoms with Gasteiger partial charge in [0.15, 0.2) is 0 Å². The number of nitrogens with zero attached hydrogens (tertiary/aromatic N) is 1. The Labute approximate surface area is 142 Å². The number of sulfonamides is 1. The van der Waals surface area contributed by atoms with Gasteiger partial charge in [-0.05, 0) is 43.5 Å². The normalized spacial score (nSPS) is 19.0. The minimum Gasteiger partial charge on any atom is -0.376 e. The van der Waals surface area contributed by atoms with Gasteiger partial charge in [0.05, 0.1) is 18.0 Å². The van der Waals surface area contributed by atoms with Crippen LogP contribution in [0.3, 0.4) is 0 Å². The molecular weight excluding hydrogens is 335 g/mol. The van der Waals surface area contributed by atoms with Crippen LogP contribution in [0.1, 0.15) is 26.2 Å². The Hall–Kier alpha value is -1.67. The van der Waals surface area contributed by atoms with Gasteiger partial charge in [-0.2, -0.15) is 0 Å². The van der Waals surface area contributed by atoms with Gasteiger partial charge in [0.25, 0.3) is 0 Å². The zero-order valence-electron chi connectivity index (χ0n) is 13.9. The summed E-state index contributed by atoms with van der Waals surface area (Å²) in [4.78, 5) is 12.5. The molecular formula is C16H23FN2O4S. The van der Waals surface area contributed by atoms with Gasteiger partial charge in [-0.1, -0.05) is 6.92 Å². The maximum absolute atomic E-state index is 13.1. The van der Waals surface area contributed by atoms with E-state index in [0.717, 1.165) is 23.4 Å². The Bertz CT molecular complexity index is 657. The molecule has 1 saturated heterocycles. The van der Waals surface area contributed by atoms with Gasteiger partial charge in [-0.3, -0.25) is 9.10 Å². The van der Waals surface area contributed by atoms with Crippen LogP contribution >= 0.6 is 0 Å². The first-order chi connectivity index (χ1) is 11.3. The molecule has 2 atom stereocenters. The fourth-order valence-corrected chi connectivity index (χ4v) is 4.00. The molecule has 6 nitrogen and oxygen atoms in total. The largest absolute Gasteiger partial charge is 0.376 e. The number of amides is 1. The third-order valence-corrected chi connectivity index (χ3v) is 5.12. The number of benzene rings is 1. The average molecular weight is 358 g/mol. The average Bonchev–Trinajstić information content (AvgIpc) is 3.03. The number of hydrogen-bond acceptors (Lipinski definition) is 4. The van der Waals surface area contributed by atoms with Crippen molar-refractivity contribution in [3.63, 3.8) is 0 Å². The second kappa shape index (κ2) is 7.94. The lowest BCUT2D eigenvalue weighted by Gasteiger charge is -2.30. The van der Waals surface area contributed by atoms with Gasteiger partial charge >= 0.3 is 0 Å². The number of rotatable bonds is 7. The van der Waals surface area contributed by atoms with Crippen molar-refractivity contribution >= 4 is 21.6 Å². The minimum absolute atomic E-state index is 0.0241. The Balaban J connectivity index is 2.18. The predicted octanol–water partition coefficient (Wildman–Crippen LogP) is 1.67. The van der Waals surface area contributed by atoms with Gasteiger partial charge in [0.1, 0.15) is 11.9 Å². The topological polar surface area (TPSA) is 75.7 Å². The maximum atomic E-state index is 13.1. The Morgan fingerprint density at radius 3 is 2.58 bits per heavy atom. The summed E-state index contributed by atoms with van der Waals surface area (Å²) < 4.78 is 44.0. The van der Waals surface area contributed by atoms with E-state index in [0.29, 0.717) is 19.6 Å². The standard InChI is InChI=1S/C16H23FN2O4S/c1-3-15(16(20)18-11-14-5-4-10-23-14)19(24(2,21)22)13-8-6-12(17)7-9-13/h6-9,14-15H,3-5,10-11H2,1-2H3,(H,18,20)/t14-,15+/m0/s1. The third kappa shape index (κ3) is 4.67. The van der Waals surface area contributed by atoms with Gasteiger partial charge in [0.2, 0.25) is 15.9 Å². The van der Waals surface area contributed by atoms with E-state index in [1.165, 1.54) is 24.3 Å². The van der Waals surface area contributed by atoms with Crippen molar-refractivity contribution in [2.75, 3.05) is 23.7 Å². The summed E-state index contributed by atoms with van der Waals surface area (Å²) in [5, 5.41) is 2.77. The van der Waals surface area contributed by atoms with Crippen LogP contribution in [0.4, 0.5) is 10.1 Å². The van der Waals surface area contributed by atoms with Crippen LogP contribution in [-0.4, -0.2) is 45.9 Å². The molecule has 1 fully saturated rings. The van der Waals surface area contributed by atoms with E-state index >= 15 is 0 Å². The van der Waals surface area contributed by atoms with Crippen molar-refractivity contribution in [3.8, 4) is 0 Å². The number of anilines is 1. The second-order valence-corrected chi connectivity index (χ2v) is 7.70. The monoisotopic (exact) mass is 358 g/mol. The number of ether oxygens (including phenoxy) is 1. The lowest BCUT2D eigenvalue weighted by Crippen LogP contribution is -2.50. The van der Waals surface area contributed by atoms with Crippen LogP contribution in [0.25, 0.3) is 0 Å². The Kier molecular flexibility index (Phi) is 6.17. The first-order valence-electron chi connectivity index (χ1n) is 7.97. The zero-order chi connectivity index (χ0) is 17.7. The summed E-state index contributed by atoms with van der Waals surface area (Å²) in [5.74, 6) is -0.856. The van der Waals surface area contributed by atoms with Gasteiger partial charge < -0.3 is 10.1 Å². The number of halogens is 1. The van der Waals surface area contributed by atoms with Crippen LogP contribution in [0.2, 0.25) is 0 Å². The number of carbonyl (C=O) groups is 1. The molecule has 2 rings (SSSR count). The molecule has 1 heterocycles. The zero-order valence-corrected chi connectivity index (χ0v) is 14.7. The van der Waals surface area contributed by atoms with Crippen molar-refractivity contribution in [1.82, 2.24) is 5.32 Å². The summed E-state index contributed by atoms with van der Waals surface area (Å²) in [5.41, 5.74) is 0.262. The molecule has 0 radical (unpaired) electrons. The van der Waals surface area contributed by atoms with Crippen LogP contribution < -0.4 is 9.62 Å². The van der Waals surface area contributed by atoms with E-state index in [2.05, 4.69) is 5.32 Å². The fraction of sp³-hybridized carbons (Fsp3) is 0.562. The quantitative estimate of drug-likeness (QED) is 0.804. The highest BCUT2D eigenvalue weighted by Crippen LogP contribution is 2.23. The van der Waals surface area contributed by atoms with Crippen LogP contribution in [0, 0.1) is 5.82 Å². The molecule has 1 aliphatic heterocycles. The molecule has 1 N–H and O–H groups in total. The van der Waals surface area contributed by atoms with Crippen LogP contribution in [0.15, 0.2) is 24.3 Å². The Morgan fingerprint density at radius 2 is 2.08 bits per heavy atom. The first-order valence-corrected chi connectivity index (χ1v) is 9.82. The molecule has 1 aromatic rings. The molecule has 0 spiro atoms. The van der Waals surface area contributed by atoms with Gasteiger partial charge in [-0.15, -0.1) is 0 Å². The molecule has 134 valence electrons. The smallest absolute Gasteiger partial charge is 0.243 e. The van der Waals surface area contributed by atoms with Crippen LogP contribution in [0.5, 0.6) is 0 Å². The van der Waals surface area contributed by atoms with Crippen molar-refractivity contribution in [2.45, 2.75) is 38.3 Å². The summed E-state index contributed by atoms with van der Waals surface area (Å²) >= 11 is 0. The summed E-state index contributed by atoms with van der Waals surface area (Å²) in [6, 6.07) is 4.15. The number of hydrogen-bond donors (Lipinski definition) is 1. The van der Waals surface area contributed by atoms with E-state index in [1.807, 2.05) is 0 Å². The highest BCUT2D eigenvalue weighted by Gasteiger charge is 2.31. The third-order valence-electron chi connectivity index (χ3n) is 3.94. The lowest BCUT2D eigenvalue weighted by atomic mass is 10.1. The molecule has 0 aromatic heterocycles. The van der Waals surface area contributed by atoms with E-state index in [9.17, 15) is 17.6 Å². The van der Waals surface area contributed by atoms with Gasteiger partial charge in [0, 0.05) is 13.2 Å². The Morgan fingerprint density at radius 1 is 1.42 bits per heavy atom. The molecule has 24 heavy (non-hydrogen) atoms. The van der Waals surface area contributed by atoms with Crippen LogP contribution in [-0.2, 0) is 19.6 Å². The summed E-state index contributed by atoms with van der Waals surface area (Å²) in [7, 11) is -3.71. The molecule has 1 amide bonds.